The molecule has 2 rings (SSSR count). The summed E-state index contributed by atoms with van der Waals surface area (Å²) in [4.78, 5) is 0.987. The molecule has 1 aromatic rings. The van der Waals surface area contributed by atoms with Crippen molar-refractivity contribution < 1.29 is 4.21 Å². The Labute approximate surface area is 119 Å². The second kappa shape index (κ2) is 6.67. The fraction of sp³-hybridized carbons (Fsp3) is 0.625. The molecule has 1 saturated carbocycles. The van der Waals surface area contributed by atoms with Gasteiger partial charge < -0.3 is 5.73 Å². The van der Waals surface area contributed by atoms with Crippen molar-refractivity contribution in [2.24, 2.45) is 5.73 Å². The van der Waals surface area contributed by atoms with E-state index in [1.807, 2.05) is 6.92 Å². The van der Waals surface area contributed by atoms with Crippen molar-refractivity contribution in [3.8, 4) is 0 Å². The predicted molar refractivity (Wildman–Crippen MR) is 81.8 cm³/mol. The molecule has 3 atom stereocenters. The lowest BCUT2D eigenvalue weighted by Crippen LogP contribution is -2.38. The Morgan fingerprint density at radius 2 is 1.79 bits per heavy atom. The normalized spacial score (nSPS) is 26.5. The summed E-state index contributed by atoms with van der Waals surface area (Å²) in [6.45, 7) is 4.10. The summed E-state index contributed by atoms with van der Waals surface area (Å²) in [5.41, 5.74) is 8.58. The van der Waals surface area contributed by atoms with Crippen molar-refractivity contribution in [2.45, 2.75) is 68.6 Å². The Morgan fingerprint density at radius 3 is 2.53 bits per heavy atom. The SMILES string of the molecule is Cc1ccc(C)c(S(=O)C2CCCCCCC2N)c1. The Morgan fingerprint density at radius 1 is 1.11 bits per heavy atom. The first-order valence-electron chi connectivity index (χ1n) is 7.33. The molecule has 0 radical (unpaired) electrons. The zero-order chi connectivity index (χ0) is 13.8. The van der Waals surface area contributed by atoms with Gasteiger partial charge in [0, 0.05) is 10.9 Å². The van der Waals surface area contributed by atoms with Gasteiger partial charge in [0.15, 0.2) is 0 Å². The van der Waals surface area contributed by atoms with Crippen LogP contribution < -0.4 is 5.73 Å². The first-order valence-corrected chi connectivity index (χ1v) is 8.54. The van der Waals surface area contributed by atoms with Crippen molar-refractivity contribution in [2.75, 3.05) is 0 Å². The quantitative estimate of drug-likeness (QED) is 0.901. The minimum atomic E-state index is -0.966. The fourth-order valence-corrected chi connectivity index (χ4v) is 4.68. The highest BCUT2D eigenvalue weighted by atomic mass is 32.2. The molecule has 19 heavy (non-hydrogen) atoms. The average molecular weight is 279 g/mol. The van der Waals surface area contributed by atoms with Crippen LogP contribution in [0.5, 0.6) is 0 Å². The van der Waals surface area contributed by atoms with E-state index in [9.17, 15) is 4.21 Å². The van der Waals surface area contributed by atoms with Crippen LogP contribution in [0.15, 0.2) is 23.1 Å². The van der Waals surface area contributed by atoms with Crippen LogP contribution in [0, 0.1) is 13.8 Å². The van der Waals surface area contributed by atoms with Crippen LogP contribution in [0.4, 0.5) is 0 Å². The Kier molecular flexibility index (Phi) is 5.17. The van der Waals surface area contributed by atoms with Gasteiger partial charge in [0.1, 0.15) is 0 Å². The first-order chi connectivity index (χ1) is 9.09. The summed E-state index contributed by atoms with van der Waals surface area (Å²) in [5, 5.41) is 0.126. The maximum atomic E-state index is 12.9. The minimum Gasteiger partial charge on any atom is -0.327 e. The molecule has 0 aromatic heterocycles. The summed E-state index contributed by atoms with van der Waals surface area (Å²) in [5.74, 6) is 0. The number of aryl methyl sites for hydroxylation is 2. The second-order valence-electron chi connectivity index (χ2n) is 5.76. The van der Waals surface area contributed by atoms with E-state index in [-0.39, 0.29) is 11.3 Å². The molecule has 0 bridgehead atoms. The number of benzene rings is 1. The third-order valence-electron chi connectivity index (χ3n) is 4.09. The molecule has 106 valence electrons. The second-order valence-corrected chi connectivity index (χ2v) is 7.40. The van der Waals surface area contributed by atoms with Crippen molar-refractivity contribution in [3.63, 3.8) is 0 Å². The molecule has 1 aliphatic carbocycles. The van der Waals surface area contributed by atoms with Crippen LogP contribution in [-0.2, 0) is 10.8 Å². The summed E-state index contributed by atoms with van der Waals surface area (Å²) in [6, 6.07) is 6.29. The smallest absolute Gasteiger partial charge is 0.0579 e. The fourth-order valence-electron chi connectivity index (χ4n) is 2.83. The molecular weight excluding hydrogens is 254 g/mol. The van der Waals surface area contributed by atoms with Gasteiger partial charge in [-0.1, -0.05) is 37.8 Å². The van der Waals surface area contributed by atoms with E-state index in [4.69, 9.17) is 5.73 Å². The van der Waals surface area contributed by atoms with E-state index in [1.165, 1.54) is 24.8 Å². The van der Waals surface area contributed by atoms with E-state index in [1.54, 1.807) is 0 Å². The van der Waals surface area contributed by atoms with Crippen LogP contribution >= 0.6 is 0 Å². The topological polar surface area (TPSA) is 43.1 Å². The van der Waals surface area contributed by atoms with E-state index in [2.05, 4.69) is 25.1 Å². The third kappa shape index (κ3) is 3.67. The Balaban J connectivity index is 2.22. The van der Waals surface area contributed by atoms with E-state index < -0.39 is 10.8 Å². The van der Waals surface area contributed by atoms with Gasteiger partial charge in [-0.2, -0.15) is 0 Å². The molecule has 1 fully saturated rings. The molecule has 3 heteroatoms. The molecule has 2 nitrogen and oxygen atoms in total. The summed E-state index contributed by atoms with van der Waals surface area (Å²) in [6.07, 6.45) is 6.89. The lowest BCUT2D eigenvalue weighted by Gasteiger charge is -2.26. The number of rotatable bonds is 2. The third-order valence-corrected chi connectivity index (χ3v) is 6.10. The zero-order valence-electron chi connectivity index (χ0n) is 12.0. The van der Waals surface area contributed by atoms with Crippen molar-refractivity contribution in [1.82, 2.24) is 0 Å². The molecular formula is C16H25NOS. The average Bonchev–Trinajstić information content (AvgIpc) is 2.36. The van der Waals surface area contributed by atoms with Gasteiger partial charge in [0.2, 0.25) is 0 Å². The van der Waals surface area contributed by atoms with Crippen molar-refractivity contribution in [3.05, 3.63) is 29.3 Å². The summed E-state index contributed by atoms with van der Waals surface area (Å²) in [7, 11) is -0.966. The van der Waals surface area contributed by atoms with E-state index >= 15 is 0 Å². The molecule has 1 aliphatic rings. The van der Waals surface area contributed by atoms with Crippen LogP contribution in [0.3, 0.4) is 0 Å². The standard InChI is InChI=1S/C16H25NOS/c1-12-9-10-13(2)16(11-12)19(18)15-8-6-4-3-5-7-14(15)17/h9-11,14-15H,3-8,17H2,1-2H3. The number of hydrogen-bond acceptors (Lipinski definition) is 2. The lowest BCUT2D eigenvalue weighted by atomic mass is 9.97. The maximum absolute atomic E-state index is 12.9. The van der Waals surface area contributed by atoms with Gasteiger partial charge >= 0.3 is 0 Å². The summed E-state index contributed by atoms with van der Waals surface area (Å²) >= 11 is 0. The van der Waals surface area contributed by atoms with E-state index in [0.717, 1.165) is 29.7 Å². The van der Waals surface area contributed by atoms with E-state index in [0.29, 0.717) is 0 Å². The van der Waals surface area contributed by atoms with Crippen molar-refractivity contribution >= 4 is 10.8 Å². The van der Waals surface area contributed by atoms with Crippen LogP contribution in [0.2, 0.25) is 0 Å². The van der Waals surface area contributed by atoms with Gasteiger partial charge in [-0.3, -0.25) is 4.21 Å². The molecule has 0 amide bonds. The Bertz CT molecular complexity index is 458. The monoisotopic (exact) mass is 279 g/mol. The van der Waals surface area contributed by atoms with Gasteiger partial charge in [0.25, 0.3) is 0 Å². The highest BCUT2D eigenvalue weighted by Crippen LogP contribution is 2.26. The van der Waals surface area contributed by atoms with Gasteiger partial charge in [-0.25, -0.2) is 0 Å². The van der Waals surface area contributed by atoms with Crippen molar-refractivity contribution in [1.29, 1.82) is 0 Å². The predicted octanol–water partition coefficient (Wildman–Crippen LogP) is 3.46. The van der Waals surface area contributed by atoms with Gasteiger partial charge in [-0.05, 0) is 43.9 Å². The Hall–Kier alpha value is -0.670. The molecule has 0 aliphatic heterocycles. The van der Waals surface area contributed by atoms with Crippen LogP contribution in [0.25, 0.3) is 0 Å². The largest absolute Gasteiger partial charge is 0.327 e. The molecule has 1 aromatic carbocycles. The highest BCUT2D eigenvalue weighted by Gasteiger charge is 2.26. The van der Waals surface area contributed by atoms with Gasteiger partial charge in [-0.15, -0.1) is 0 Å². The molecule has 3 unspecified atom stereocenters. The number of nitrogens with two attached hydrogens (primary N) is 1. The van der Waals surface area contributed by atoms with Gasteiger partial charge in [0.05, 0.1) is 16.0 Å². The molecule has 2 N–H and O–H groups in total. The minimum absolute atomic E-state index is 0.0843. The molecule has 0 spiro atoms. The number of hydrogen-bond donors (Lipinski definition) is 1. The van der Waals surface area contributed by atoms with Crippen LogP contribution in [0.1, 0.15) is 49.7 Å². The molecule has 0 heterocycles. The summed E-state index contributed by atoms with van der Waals surface area (Å²) < 4.78 is 12.9. The lowest BCUT2D eigenvalue weighted by molar-refractivity contribution is 0.456. The molecule has 0 saturated heterocycles. The first kappa shape index (κ1) is 14.7. The van der Waals surface area contributed by atoms with Crippen LogP contribution in [-0.4, -0.2) is 15.5 Å². The maximum Gasteiger partial charge on any atom is 0.0579 e. The highest BCUT2D eigenvalue weighted by molar-refractivity contribution is 7.85. The zero-order valence-corrected chi connectivity index (χ0v) is 12.8.